The minimum Gasteiger partial charge on any atom is -0.349 e. The zero-order valence-corrected chi connectivity index (χ0v) is 16.7. The average Bonchev–Trinajstić information content (AvgIpc) is 2.59. The second-order valence-electron chi connectivity index (χ2n) is 9.88. The lowest BCUT2D eigenvalue weighted by molar-refractivity contribution is -0.138. The van der Waals surface area contributed by atoms with Gasteiger partial charge in [0, 0.05) is 37.6 Å². The molecule has 2 amide bonds. The van der Waals surface area contributed by atoms with Crippen LogP contribution in [0.5, 0.6) is 0 Å². The van der Waals surface area contributed by atoms with Crippen LogP contribution in [-0.2, 0) is 9.59 Å². The summed E-state index contributed by atoms with van der Waals surface area (Å²) >= 11 is 0. The first-order chi connectivity index (χ1) is 12.3. The third-order valence-electron chi connectivity index (χ3n) is 7.47. The fourth-order valence-corrected chi connectivity index (χ4v) is 6.49. The van der Waals surface area contributed by atoms with E-state index in [0.29, 0.717) is 0 Å². The van der Waals surface area contributed by atoms with Crippen molar-refractivity contribution in [1.29, 1.82) is 0 Å². The molecule has 5 heteroatoms. The fourth-order valence-electron chi connectivity index (χ4n) is 6.49. The number of piperazine rings is 1. The van der Waals surface area contributed by atoms with Crippen molar-refractivity contribution < 1.29 is 9.59 Å². The monoisotopic (exact) mass is 361 g/mol. The van der Waals surface area contributed by atoms with E-state index in [1.165, 1.54) is 38.5 Å². The van der Waals surface area contributed by atoms with Crippen molar-refractivity contribution in [2.75, 3.05) is 26.2 Å². The Morgan fingerprint density at radius 1 is 0.885 bits per heavy atom. The molecule has 5 aliphatic rings. The molecule has 0 aromatic rings. The molecule has 1 unspecified atom stereocenters. The van der Waals surface area contributed by atoms with E-state index in [0.717, 1.165) is 43.9 Å². The normalized spacial score (nSPS) is 37.8. The quantitative estimate of drug-likeness (QED) is 0.836. The third-order valence-corrected chi connectivity index (χ3v) is 7.47. The molecule has 1 atom stereocenters. The first-order valence-corrected chi connectivity index (χ1v) is 10.7. The van der Waals surface area contributed by atoms with Crippen molar-refractivity contribution in [3.05, 3.63) is 0 Å². The summed E-state index contributed by atoms with van der Waals surface area (Å²) in [5, 5.41) is 3.51. The maximum absolute atomic E-state index is 13.0. The van der Waals surface area contributed by atoms with Crippen molar-refractivity contribution >= 4 is 11.8 Å². The van der Waals surface area contributed by atoms with Gasteiger partial charge in [0.05, 0.1) is 6.04 Å². The van der Waals surface area contributed by atoms with Gasteiger partial charge in [-0.15, -0.1) is 0 Å². The number of hydrogen-bond donors (Lipinski definition) is 1. The van der Waals surface area contributed by atoms with Crippen LogP contribution in [0.2, 0.25) is 0 Å². The summed E-state index contributed by atoms with van der Waals surface area (Å²) in [5.74, 6) is 3.04. The highest BCUT2D eigenvalue weighted by Crippen LogP contribution is 2.55. The molecule has 1 aliphatic heterocycles. The van der Waals surface area contributed by atoms with E-state index in [2.05, 4.69) is 10.2 Å². The molecule has 1 N–H and O–H groups in total. The lowest BCUT2D eigenvalue weighted by Crippen LogP contribution is -2.63. The van der Waals surface area contributed by atoms with Gasteiger partial charge in [0.2, 0.25) is 11.8 Å². The standard InChI is InChI=1S/C21H35N3O2/c1-14(2)20(26)24-6-4-23(5-7-24)15(3)19(25)22-21-11-16-8-17(12-21)10-18(9-16)13-21/h14-18H,4-13H2,1-3H3,(H,22,25). The number of nitrogens with one attached hydrogen (secondary N) is 1. The minimum atomic E-state index is -0.0979. The molecule has 0 aromatic carbocycles. The van der Waals surface area contributed by atoms with Crippen molar-refractivity contribution in [2.24, 2.45) is 23.7 Å². The molecule has 0 aromatic heterocycles. The molecule has 5 rings (SSSR count). The van der Waals surface area contributed by atoms with Crippen LogP contribution in [0.1, 0.15) is 59.3 Å². The van der Waals surface area contributed by atoms with Crippen LogP contribution in [0.15, 0.2) is 0 Å². The summed E-state index contributed by atoms with van der Waals surface area (Å²) in [7, 11) is 0. The van der Waals surface area contributed by atoms with Gasteiger partial charge in [-0.2, -0.15) is 0 Å². The molecule has 0 spiro atoms. The molecule has 26 heavy (non-hydrogen) atoms. The first-order valence-electron chi connectivity index (χ1n) is 10.7. The lowest BCUT2D eigenvalue weighted by atomic mass is 9.53. The maximum Gasteiger partial charge on any atom is 0.237 e. The van der Waals surface area contributed by atoms with E-state index in [1.807, 2.05) is 25.7 Å². The van der Waals surface area contributed by atoms with E-state index >= 15 is 0 Å². The van der Waals surface area contributed by atoms with Gasteiger partial charge in [-0.3, -0.25) is 14.5 Å². The van der Waals surface area contributed by atoms with Crippen molar-refractivity contribution in [1.82, 2.24) is 15.1 Å². The highest BCUT2D eigenvalue weighted by Gasteiger charge is 2.51. The van der Waals surface area contributed by atoms with E-state index in [9.17, 15) is 9.59 Å². The SMILES string of the molecule is CC(C)C(=O)N1CCN(C(C)C(=O)NC23CC4CC(CC(C4)C2)C3)CC1. The molecule has 4 aliphatic carbocycles. The number of amides is 2. The van der Waals surface area contributed by atoms with Gasteiger partial charge in [-0.05, 0) is 63.2 Å². The molecular formula is C21H35N3O2. The topological polar surface area (TPSA) is 52.7 Å². The average molecular weight is 362 g/mol. The smallest absolute Gasteiger partial charge is 0.237 e. The molecular weight excluding hydrogens is 326 g/mol. The summed E-state index contributed by atoms with van der Waals surface area (Å²) in [6, 6.07) is -0.0979. The van der Waals surface area contributed by atoms with E-state index in [4.69, 9.17) is 0 Å². The Kier molecular flexibility index (Phi) is 4.79. The van der Waals surface area contributed by atoms with Crippen molar-refractivity contribution in [2.45, 2.75) is 70.9 Å². The summed E-state index contributed by atoms with van der Waals surface area (Å²) < 4.78 is 0. The zero-order chi connectivity index (χ0) is 18.5. The Morgan fingerprint density at radius 3 is 1.85 bits per heavy atom. The van der Waals surface area contributed by atoms with Gasteiger partial charge in [-0.25, -0.2) is 0 Å². The number of nitrogens with zero attached hydrogens (tertiary/aromatic N) is 2. The lowest BCUT2D eigenvalue weighted by Gasteiger charge is -2.57. The largest absolute Gasteiger partial charge is 0.349 e. The second kappa shape index (κ2) is 6.81. The third kappa shape index (κ3) is 3.39. The van der Waals surface area contributed by atoms with Gasteiger partial charge in [0.15, 0.2) is 0 Å². The number of carbonyl (C=O) groups excluding carboxylic acids is 2. The summed E-state index contributed by atoms with van der Waals surface area (Å²) in [6.45, 7) is 9.03. The van der Waals surface area contributed by atoms with Gasteiger partial charge < -0.3 is 10.2 Å². The predicted molar refractivity (Wildman–Crippen MR) is 101 cm³/mol. The fraction of sp³-hybridized carbons (Fsp3) is 0.905. The molecule has 0 radical (unpaired) electrons. The summed E-state index contributed by atoms with van der Waals surface area (Å²) in [4.78, 5) is 29.4. The number of hydrogen-bond acceptors (Lipinski definition) is 3. The molecule has 5 fully saturated rings. The van der Waals surface area contributed by atoms with E-state index in [-0.39, 0.29) is 29.3 Å². The Balaban J connectivity index is 1.32. The van der Waals surface area contributed by atoms with E-state index < -0.39 is 0 Å². The van der Waals surface area contributed by atoms with Gasteiger partial charge in [0.1, 0.15) is 0 Å². The van der Waals surface area contributed by atoms with Crippen LogP contribution in [-0.4, -0.2) is 59.4 Å². The molecule has 4 bridgehead atoms. The summed E-state index contributed by atoms with van der Waals surface area (Å²) in [6.07, 6.45) is 7.81. The van der Waals surface area contributed by atoms with Gasteiger partial charge in [0.25, 0.3) is 0 Å². The predicted octanol–water partition coefficient (Wildman–Crippen LogP) is 2.26. The van der Waals surface area contributed by atoms with Crippen LogP contribution in [0, 0.1) is 23.7 Å². The Bertz CT molecular complexity index is 530. The molecule has 4 saturated carbocycles. The maximum atomic E-state index is 13.0. The van der Waals surface area contributed by atoms with Crippen LogP contribution in [0.25, 0.3) is 0 Å². The molecule has 1 saturated heterocycles. The van der Waals surface area contributed by atoms with Crippen LogP contribution in [0.4, 0.5) is 0 Å². The number of rotatable bonds is 4. The van der Waals surface area contributed by atoms with Crippen LogP contribution in [0.3, 0.4) is 0 Å². The molecule has 1 heterocycles. The highest BCUT2D eigenvalue weighted by atomic mass is 16.2. The Morgan fingerprint density at radius 2 is 1.38 bits per heavy atom. The van der Waals surface area contributed by atoms with Gasteiger partial charge in [-0.1, -0.05) is 13.8 Å². The van der Waals surface area contributed by atoms with Crippen LogP contribution < -0.4 is 5.32 Å². The molecule has 5 nitrogen and oxygen atoms in total. The molecule has 146 valence electrons. The van der Waals surface area contributed by atoms with Crippen molar-refractivity contribution in [3.8, 4) is 0 Å². The Hall–Kier alpha value is -1.10. The first kappa shape index (κ1) is 18.3. The minimum absolute atomic E-state index is 0.0540. The second-order valence-corrected chi connectivity index (χ2v) is 9.88. The van der Waals surface area contributed by atoms with Crippen LogP contribution >= 0.6 is 0 Å². The summed E-state index contributed by atoms with van der Waals surface area (Å²) in [5.41, 5.74) is 0.0928. The zero-order valence-electron chi connectivity index (χ0n) is 16.7. The Labute approximate surface area is 157 Å². The highest BCUT2D eigenvalue weighted by molar-refractivity contribution is 5.82. The van der Waals surface area contributed by atoms with Gasteiger partial charge >= 0.3 is 0 Å². The van der Waals surface area contributed by atoms with Crippen molar-refractivity contribution in [3.63, 3.8) is 0 Å². The van der Waals surface area contributed by atoms with E-state index in [1.54, 1.807) is 0 Å². The number of carbonyl (C=O) groups is 2.